The highest BCUT2D eigenvalue weighted by Gasteiger charge is 2.35. The highest BCUT2D eigenvalue weighted by Crippen LogP contribution is 2.32. The fraction of sp³-hybridized carbons (Fsp3) is 0.0769. The Balaban J connectivity index is 2.49. The van der Waals surface area contributed by atoms with Gasteiger partial charge in [-0.1, -0.05) is 23.2 Å². The number of halogens is 6. The van der Waals surface area contributed by atoms with Crippen LogP contribution in [0.3, 0.4) is 0 Å². The molecule has 1 aromatic carbocycles. The van der Waals surface area contributed by atoms with E-state index in [1.165, 1.54) is 6.07 Å². The molecule has 0 spiro atoms. The number of hydrogen-bond donors (Lipinski definition) is 0. The minimum absolute atomic E-state index is 0.106. The van der Waals surface area contributed by atoms with Crippen LogP contribution in [0.4, 0.5) is 17.6 Å². The Labute approximate surface area is 126 Å². The summed E-state index contributed by atoms with van der Waals surface area (Å²) in [6.07, 6.45) is -3.77. The second-order valence-corrected chi connectivity index (χ2v) is 4.85. The number of aromatic nitrogens is 1. The molecule has 0 atom stereocenters. The SMILES string of the molecule is O=C(c1ccc(F)c(C(F)(F)F)c1)c1ncc(Cl)cc1Cl. The summed E-state index contributed by atoms with van der Waals surface area (Å²) in [6, 6.07) is 3.15. The first kappa shape index (κ1) is 15.7. The summed E-state index contributed by atoms with van der Waals surface area (Å²) < 4.78 is 51.0. The minimum Gasteiger partial charge on any atom is -0.287 e. The van der Waals surface area contributed by atoms with Crippen molar-refractivity contribution in [3.8, 4) is 0 Å². The maximum atomic E-state index is 13.2. The Morgan fingerprint density at radius 2 is 1.81 bits per heavy atom. The number of pyridine rings is 1. The average molecular weight is 338 g/mol. The number of carbonyl (C=O) groups excluding carboxylic acids is 1. The Kier molecular flexibility index (Phi) is 4.20. The summed E-state index contributed by atoms with van der Waals surface area (Å²) in [4.78, 5) is 15.8. The minimum atomic E-state index is -4.91. The zero-order valence-electron chi connectivity index (χ0n) is 10.0. The highest BCUT2D eigenvalue weighted by atomic mass is 35.5. The number of hydrogen-bond acceptors (Lipinski definition) is 2. The predicted octanol–water partition coefficient (Wildman–Crippen LogP) is 4.78. The van der Waals surface area contributed by atoms with E-state index in [2.05, 4.69) is 4.98 Å². The van der Waals surface area contributed by atoms with Crippen LogP contribution < -0.4 is 0 Å². The van der Waals surface area contributed by atoms with Gasteiger partial charge in [-0.25, -0.2) is 9.37 Å². The molecule has 0 aliphatic heterocycles. The lowest BCUT2D eigenvalue weighted by molar-refractivity contribution is -0.140. The summed E-state index contributed by atoms with van der Waals surface area (Å²) in [5.41, 5.74) is -2.17. The lowest BCUT2D eigenvalue weighted by Crippen LogP contribution is -2.12. The molecule has 1 aromatic heterocycles. The predicted molar refractivity (Wildman–Crippen MR) is 69.1 cm³/mol. The highest BCUT2D eigenvalue weighted by molar-refractivity contribution is 6.37. The lowest BCUT2D eigenvalue weighted by atomic mass is 10.0. The quantitative estimate of drug-likeness (QED) is 0.583. The van der Waals surface area contributed by atoms with Gasteiger partial charge >= 0.3 is 6.18 Å². The van der Waals surface area contributed by atoms with Crippen molar-refractivity contribution in [3.05, 3.63) is 63.1 Å². The Morgan fingerprint density at radius 1 is 1.14 bits per heavy atom. The molecule has 0 N–H and O–H groups in total. The first-order valence-electron chi connectivity index (χ1n) is 5.42. The van der Waals surface area contributed by atoms with Gasteiger partial charge in [0, 0.05) is 11.8 Å². The number of rotatable bonds is 2. The van der Waals surface area contributed by atoms with Crippen molar-refractivity contribution in [3.63, 3.8) is 0 Å². The third-order valence-electron chi connectivity index (χ3n) is 2.56. The van der Waals surface area contributed by atoms with Crippen LogP contribution in [0.5, 0.6) is 0 Å². The van der Waals surface area contributed by atoms with Gasteiger partial charge in [-0.05, 0) is 24.3 Å². The van der Waals surface area contributed by atoms with Crippen LogP contribution in [0.25, 0.3) is 0 Å². The Hall–Kier alpha value is -1.66. The molecule has 0 aliphatic rings. The van der Waals surface area contributed by atoms with Crippen molar-refractivity contribution in [1.82, 2.24) is 4.98 Å². The maximum absolute atomic E-state index is 13.2. The molecule has 8 heteroatoms. The van der Waals surface area contributed by atoms with Gasteiger partial charge in [0.1, 0.15) is 11.5 Å². The fourth-order valence-corrected chi connectivity index (χ4v) is 2.07. The van der Waals surface area contributed by atoms with Crippen LogP contribution in [0.2, 0.25) is 10.0 Å². The molecule has 2 aromatic rings. The van der Waals surface area contributed by atoms with Crippen LogP contribution in [0.15, 0.2) is 30.5 Å². The molecule has 21 heavy (non-hydrogen) atoms. The molecule has 0 aliphatic carbocycles. The van der Waals surface area contributed by atoms with E-state index in [0.717, 1.165) is 12.3 Å². The van der Waals surface area contributed by atoms with E-state index in [1.54, 1.807) is 0 Å². The standard InChI is InChI=1S/C13H5Cl2F4NO/c14-7-4-9(15)11(20-5-7)12(21)6-1-2-10(16)8(3-6)13(17,18)19/h1-5H. The molecule has 2 nitrogen and oxygen atoms in total. The molecule has 0 saturated carbocycles. The van der Waals surface area contributed by atoms with Gasteiger partial charge in [-0.2, -0.15) is 13.2 Å². The van der Waals surface area contributed by atoms with Crippen molar-refractivity contribution in [1.29, 1.82) is 0 Å². The van der Waals surface area contributed by atoms with Crippen molar-refractivity contribution < 1.29 is 22.4 Å². The molecular formula is C13H5Cl2F4NO. The first-order valence-corrected chi connectivity index (χ1v) is 6.18. The molecule has 0 bridgehead atoms. The number of ketones is 1. The summed E-state index contributed by atoms with van der Waals surface area (Å²) in [7, 11) is 0. The topological polar surface area (TPSA) is 30.0 Å². The second kappa shape index (κ2) is 5.61. The molecule has 110 valence electrons. The zero-order chi connectivity index (χ0) is 15.8. The van der Waals surface area contributed by atoms with E-state index in [-0.39, 0.29) is 21.3 Å². The number of carbonyl (C=O) groups is 1. The lowest BCUT2D eigenvalue weighted by Gasteiger charge is -2.10. The fourth-order valence-electron chi connectivity index (χ4n) is 1.60. The van der Waals surface area contributed by atoms with E-state index in [1.807, 2.05) is 0 Å². The molecule has 2 rings (SSSR count). The Morgan fingerprint density at radius 3 is 2.38 bits per heavy atom. The van der Waals surface area contributed by atoms with Gasteiger partial charge in [-0.3, -0.25) is 4.79 Å². The van der Waals surface area contributed by atoms with Gasteiger partial charge in [0.05, 0.1) is 15.6 Å². The van der Waals surface area contributed by atoms with Gasteiger partial charge in [0.25, 0.3) is 0 Å². The van der Waals surface area contributed by atoms with Gasteiger partial charge in [0.2, 0.25) is 5.78 Å². The smallest absolute Gasteiger partial charge is 0.287 e. The second-order valence-electron chi connectivity index (χ2n) is 4.01. The average Bonchev–Trinajstić information content (AvgIpc) is 2.37. The van der Waals surface area contributed by atoms with Crippen LogP contribution >= 0.6 is 23.2 Å². The van der Waals surface area contributed by atoms with E-state index >= 15 is 0 Å². The van der Waals surface area contributed by atoms with Crippen LogP contribution in [-0.4, -0.2) is 10.8 Å². The number of benzene rings is 1. The molecular weight excluding hydrogens is 333 g/mol. The molecule has 1 heterocycles. The summed E-state index contributed by atoms with van der Waals surface area (Å²) in [5, 5.41) is 0.0667. The van der Waals surface area contributed by atoms with E-state index in [4.69, 9.17) is 23.2 Å². The van der Waals surface area contributed by atoms with Gasteiger partial charge < -0.3 is 0 Å². The third kappa shape index (κ3) is 3.33. The van der Waals surface area contributed by atoms with Crippen molar-refractivity contribution in [2.24, 2.45) is 0 Å². The van der Waals surface area contributed by atoms with E-state index in [0.29, 0.717) is 12.1 Å². The monoisotopic (exact) mass is 337 g/mol. The molecule has 0 amide bonds. The molecule has 0 saturated heterocycles. The molecule has 0 unspecified atom stereocenters. The van der Waals surface area contributed by atoms with E-state index in [9.17, 15) is 22.4 Å². The van der Waals surface area contributed by atoms with Crippen LogP contribution in [0, 0.1) is 5.82 Å². The van der Waals surface area contributed by atoms with Crippen molar-refractivity contribution in [2.45, 2.75) is 6.18 Å². The Bertz CT molecular complexity index is 716. The third-order valence-corrected chi connectivity index (χ3v) is 3.05. The first-order chi connectivity index (χ1) is 9.70. The normalized spacial score (nSPS) is 11.5. The summed E-state index contributed by atoms with van der Waals surface area (Å²) in [6.45, 7) is 0. The largest absolute Gasteiger partial charge is 0.419 e. The van der Waals surface area contributed by atoms with Crippen LogP contribution in [0.1, 0.15) is 21.6 Å². The summed E-state index contributed by atoms with van der Waals surface area (Å²) in [5.74, 6) is -2.32. The van der Waals surface area contributed by atoms with Gasteiger partial charge in [-0.15, -0.1) is 0 Å². The van der Waals surface area contributed by atoms with Gasteiger partial charge in [0.15, 0.2) is 0 Å². The van der Waals surface area contributed by atoms with Crippen molar-refractivity contribution >= 4 is 29.0 Å². The van der Waals surface area contributed by atoms with Crippen molar-refractivity contribution in [2.75, 3.05) is 0 Å². The van der Waals surface area contributed by atoms with Crippen LogP contribution in [-0.2, 0) is 6.18 Å². The summed E-state index contributed by atoms with van der Waals surface area (Å²) >= 11 is 11.4. The molecule has 0 radical (unpaired) electrons. The number of alkyl halides is 3. The zero-order valence-corrected chi connectivity index (χ0v) is 11.5. The van der Waals surface area contributed by atoms with E-state index < -0.39 is 23.3 Å². The molecule has 0 fully saturated rings. The number of nitrogens with zero attached hydrogens (tertiary/aromatic N) is 1. The maximum Gasteiger partial charge on any atom is 0.419 e.